The molecule has 0 aromatic heterocycles. The van der Waals surface area contributed by atoms with Gasteiger partial charge in [0.25, 0.3) is 0 Å². The van der Waals surface area contributed by atoms with E-state index in [-0.39, 0.29) is 18.0 Å². The van der Waals surface area contributed by atoms with Crippen LogP contribution in [-0.4, -0.2) is 41.6 Å². The van der Waals surface area contributed by atoms with Crippen molar-refractivity contribution in [2.24, 2.45) is 0 Å². The average Bonchev–Trinajstić information content (AvgIpc) is 2.88. The lowest BCUT2D eigenvalue weighted by molar-refractivity contribution is -0.116. The third-order valence-corrected chi connectivity index (χ3v) is 4.85. The van der Waals surface area contributed by atoms with Crippen LogP contribution < -0.4 is 16.0 Å². The zero-order chi connectivity index (χ0) is 13.0. The molecule has 3 amide bonds. The molecular formula is C12H19N3O2S. The van der Waals surface area contributed by atoms with Crippen LogP contribution in [0.15, 0.2) is 12.7 Å². The van der Waals surface area contributed by atoms with E-state index >= 15 is 0 Å². The molecule has 5 nitrogen and oxygen atoms in total. The topological polar surface area (TPSA) is 70.2 Å². The summed E-state index contributed by atoms with van der Waals surface area (Å²) in [5, 5.41) is 9.18. The van der Waals surface area contributed by atoms with Crippen LogP contribution in [0.1, 0.15) is 19.3 Å². The molecule has 100 valence electrons. The number of unbranched alkanes of at least 4 members (excludes halogenated alkanes) is 1. The predicted octanol–water partition coefficient (Wildman–Crippen LogP) is 0.624. The van der Waals surface area contributed by atoms with Crippen molar-refractivity contribution in [2.45, 2.75) is 36.6 Å². The van der Waals surface area contributed by atoms with E-state index in [1.54, 1.807) is 0 Å². The van der Waals surface area contributed by atoms with Crippen molar-refractivity contribution in [1.29, 1.82) is 0 Å². The smallest absolute Gasteiger partial charge is 0.315 e. The molecule has 3 atom stereocenters. The zero-order valence-electron chi connectivity index (χ0n) is 10.3. The number of thioether (sulfide) groups is 1. The lowest BCUT2D eigenvalue weighted by Gasteiger charge is -2.16. The Balaban J connectivity index is 1.61. The number of carbonyl (C=O) groups is 2. The van der Waals surface area contributed by atoms with Gasteiger partial charge in [-0.05, 0) is 18.9 Å². The third kappa shape index (κ3) is 3.19. The molecule has 0 bridgehead atoms. The van der Waals surface area contributed by atoms with E-state index in [0.29, 0.717) is 17.8 Å². The summed E-state index contributed by atoms with van der Waals surface area (Å²) in [7, 11) is 0. The van der Waals surface area contributed by atoms with E-state index < -0.39 is 0 Å². The van der Waals surface area contributed by atoms with Crippen molar-refractivity contribution >= 4 is 23.7 Å². The minimum atomic E-state index is -0.113. The molecule has 3 N–H and O–H groups in total. The molecule has 0 aliphatic carbocycles. The van der Waals surface area contributed by atoms with Gasteiger partial charge in [0, 0.05) is 17.5 Å². The van der Waals surface area contributed by atoms with Crippen LogP contribution in [0.4, 0.5) is 4.79 Å². The first-order valence-electron chi connectivity index (χ1n) is 6.29. The van der Waals surface area contributed by atoms with E-state index in [9.17, 15) is 9.59 Å². The minimum Gasteiger partial charge on any atom is -0.353 e. The Kier molecular flexibility index (Phi) is 4.52. The molecule has 0 saturated carbocycles. The summed E-state index contributed by atoms with van der Waals surface area (Å²) >= 11 is 1.92. The highest BCUT2D eigenvalue weighted by molar-refractivity contribution is 8.00. The van der Waals surface area contributed by atoms with Crippen molar-refractivity contribution in [2.75, 3.05) is 12.3 Å². The van der Waals surface area contributed by atoms with Crippen LogP contribution in [0.5, 0.6) is 0 Å². The predicted molar refractivity (Wildman–Crippen MR) is 72.5 cm³/mol. The normalized spacial score (nSPS) is 29.3. The molecule has 2 fully saturated rings. The van der Waals surface area contributed by atoms with E-state index in [2.05, 4.69) is 22.5 Å². The van der Waals surface area contributed by atoms with Gasteiger partial charge in [-0.15, -0.1) is 0 Å². The number of rotatable bonds is 6. The molecule has 0 aromatic carbocycles. The van der Waals surface area contributed by atoms with Crippen molar-refractivity contribution in [3.8, 4) is 0 Å². The largest absolute Gasteiger partial charge is 0.353 e. The molecular weight excluding hydrogens is 250 g/mol. The van der Waals surface area contributed by atoms with Gasteiger partial charge < -0.3 is 16.0 Å². The van der Waals surface area contributed by atoms with Gasteiger partial charge in [0.2, 0.25) is 5.91 Å². The zero-order valence-corrected chi connectivity index (χ0v) is 11.1. The van der Waals surface area contributed by atoms with Crippen molar-refractivity contribution in [1.82, 2.24) is 16.0 Å². The number of nitrogens with one attached hydrogen (secondary N) is 3. The number of hydrogen-bond donors (Lipinski definition) is 3. The number of carbonyl (C=O) groups excluding carboxylic acids is 2. The van der Waals surface area contributed by atoms with E-state index in [1.807, 2.05) is 11.8 Å². The fourth-order valence-corrected chi connectivity index (χ4v) is 3.94. The van der Waals surface area contributed by atoms with Gasteiger partial charge in [-0.2, -0.15) is 11.8 Å². The second-order valence-corrected chi connectivity index (χ2v) is 5.88. The van der Waals surface area contributed by atoms with E-state index in [0.717, 1.165) is 25.0 Å². The summed E-state index contributed by atoms with van der Waals surface area (Å²) in [5.41, 5.74) is 0. The van der Waals surface area contributed by atoms with Crippen LogP contribution in [0.25, 0.3) is 0 Å². The Labute approximate surface area is 111 Å². The molecule has 0 radical (unpaired) electrons. The van der Waals surface area contributed by atoms with Crippen LogP contribution in [0.3, 0.4) is 0 Å². The molecule has 2 aliphatic rings. The summed E-state index contributed by atoms with van der Waals surface area (Å²) in [6, 6.07) is 0.548. The van der Waals surface area contributed by atoms with Gasteiger partial charge in [0.15, 0.2) is 0 Å². The van der Waals surface area contributed by atoms with Crippen LogP contribution in [0.2, 0.25) is 0 Å². The Bertz CT molecular complexity index is 348. The highest BCUT2D eigenvalue weighted by Gasteiger charge is 2.42. The van der Waals surface area contributed by atoms with Gasteiger partial charge in [-0.25, -0.2) is 4.79 Å². The fraction of sp³-hybridized carbons (Fsp3) is 0.667. The van der Waals surface area contributed by atoms with Gasteiger partial charge >= 0.3 is 6.03 Å². The SMILES string of the molecule is C=CC(=O)NCCCC[C@@H]1SC[C@@H]2NC(=O)N[C@@H]21. The monoisotopic (exact) mass is 269 g/mol. The summed E-state index contributed by atoms with van der Waals surface area (Å²) in [6.07, 6.45) is 4.40. The maximum absolute atomic E-state index is 11.2. The molecule has 0 aromatic rings. The molecule has 2 rings (SSSR count). The van der Waals surface area contributed by atoms with E-state index in [1.165, 1.54) is 6.08 Å². The van der Waals surface area contributed by atoms with Crippen LogP contribution in [0, 0.1) is 0 Å². The Morgan fingerprint density at radius 1 is 1.50 bits per heavy atom. The van der Waals surface area contributed by atoms with Crippen molar-refractivity contribution in [3.63, 3.8) is 0 Å². The van der Waals surface area contributed by atoms with Gasteiger partial charge in [0.1, 0.15) is 0 Å². The Morgan fingerprint density at radius 3 is 3.11 bits per heavy atom. The second-order valence-electron chi connectivity index (χ2n) is 4.61. The minimum absolute atomic E-state index is 0.0338. The van der Waals surface area contributed by atoms with Crippen molar-refractivity contribution in [3.05, 3.63) is 12.7 Å². The summed E-state index contributed by atoms with van der Waals surface area (Å²) in [5.74, 6) is 0.888. The molecule has 6 heteroatoms. The van der Waals surface area contributed by atoms with Gasteiger partial charge in [-0.3, -0.25) is 4.79 Å². The van der Waals surface area contributed by atoms with E-state index in [4.69, 9.17) is 0 Å². The highest BCUT2D eigenvalue weighted by Crippen LogP contribution is 2.32. The third-order valence-electron chi connectivity index (χ3n) is 3.34. The average molecular weight is 269 g/mol. The van der Waals surface area contributed by atoms with Gasteiger partial charge in [-0.1, -0.05) is 13.0 Å². The number of fused-ring (bicyclic) bond motifs is 1. The first-order chi connectivity index (χ1) is 8.70. The van der Waals surface area contributed by atoms with Crippen LogP contribution in [-0.2, 0) is 4.79 Å². The first kappa shape index (κ1) is 13.3. The lowest BCUT2D eigenvalue weighted by Crippen LogP contribution is -2.36. The number of hydrogen-bond acceptors (Lipinski definition) is 3. The molecule has 2 aliphatic heterocycles. The molecule has 0 spiro atoms. The Morgan fingerprint density at radius 2 is 2.33 bits per heavy atom. The maximum Gasteiger partial charge on any atom is 0.315 e. The quantitative estimate of drug-likeness (QED) is 0.376. The summed E-state index contributed by atoms with van der Waals surface area (Å²) in [6.45, 7) is 4.10. The number of amides is 3. The Hall–Kier alpha value is -1.17. The second kappa shape index (κ2) is 6.13. The standard InChI is InChI=1S/C12H19N3O2S/c1-2-10(16)13-6-4-3-5-9-11-8(7-18-9)14-12(17)15-11/h2,8-9,11H,1,3-7H2,(H,13,16)(H2,14,15,17)/t8-,9-,11-/m0/s1. The molecule has 2 heterocycles. The summed E-state index contributed by atoms with van der Waals surface area (Å²) in [4.78, 5) is 22.1. The number of urea groups is 1. The maximum atomic E-state index is 11.2. The lowest BCUT2D eigenvalue weighted by atomic mass is 10.0. The molecule has 0 unspecified atom stereocenters. The van der Waals surface area contributed by atoms with Crippen molar-refractivity contribution < 1.29 is 9.59 Å². The summed E-state index contributed by atoms with van der Waals surface area (Å²) < 4.78 is 0. The van der Waals surface area contributed by atoms with Gasteiger partial charge in [0.05, 0.1) is 12.1 Å². The fourth-order valence-electron chi connectivity index (χ4n) is 2.40. The molecule has 18 heavy (non-hydrogen) atoms. The molecule has 2 saturated heterocycles. The first-order valence-corrected chi connectivity index (χ1v) is 7.34. The highest BCUT2D eigenvalue weighted by atomic mass is 32.2. The van der Waals surface area contributed by atoms with Crippen LogP contribution >= 0.6 is 11.8 Å².